The first-order chi connectivity index (χ1) is 5.77. The molecule has 2 rings (SSSR count). The van der Waals surface area contributed by atoms with Crippen LogP contribution in [0, 0.1) is 0 Å². The second-order valence-corrected chi connectivity index (χ2v) is 3.12. The zero-order valence-electron chi connectivity index (χ0n) is 7.23. The summed E-state index contributed by atoms with van der Waals surface area (Å²) < 4.78 is 1.93. The molecule has 2 aromatic rings. The maximum atomic E-state index is 4.32. The van der Waals surface area contributed by atoms with Gasteiger partial charge < -0.3 is 0 Å². The van der Waals surface area contributed by atoms with E-state index in [9.17, 15) is 0 Å². The van der Waals surface area contributed by atoms with Gasteiger partial charge in [0, 0.05) is 23.8 Å². The zero-order valence-corrected chi connectivity index (χ0v) is 7.23. The summed E-state index contributed by atoms with van der Waals surface area (Å²) in [7, 11) is 0. The van der Waals surface area contributed by atoms with Crippen LogP contribution in [0.5, 0.6) is 0 Å². The smallest absolute Gasteiger partial charge is 0.181 e. The van der Waals surface area contributed by atoms with E-state index in [0.717, 1.165) is 11.0 Å². The number of rotatable bonds is 1. The van der Waals surface area contributed by atoms with Crippen molar-refractivity contribution in [3.63, 3.8) is 0 Å². The lowest BCUT2D eigenvalue weighted by Gasteiger charge is -2.01. The Morgan fingerprint density at radius 3 is 2.92 bits per heavy atom. The van der Waals surface area contributed by atoms with Crippen molar-refractivity contribution in [2.75, 3.05) is 0 Å². The third kappa shape index (κ3) is 1.07. The summed E-state index contributed by atoms with van der Waals surface area (Å²) in [6.07, 6.45) is 3.78. The Labute approximate surface area is 71.0 Å². The lowest BCUT2D eigenvalue weighted by atomic mass is 10.3. The average molecular weight is 161 g/mol. The fraction of sp³-hybridized carbons (Fsp3) is 0.333. The van der Waals surface area contributed by atoms with E-state index in [-0.39, 0.29) is 0 Å². The number of fused-ring (bicyclic) bond motifs is 1. The van der Waals surface area contributed by atoms with E-state index in [1.165, 1.54) is 0 Å². The van der Waals surface area contributed by atoms with Crippen LogP contribution in [0.15, 0.2) is 24.5 Å². The lowest BCUT2D eigenvalue weighted by Crippen LogP contribution is -2.00. The predicted octanol–water partition coefficient (Wildman–Crippen LogP) is 2.01. The van der Waals surface area contributed by atoms with E-state index < -0.39 is 0 Å². The predicted molar refractivity (Wildman–Crippen MR) is 47.9 cm³/mol. The van der Waals surface area contributed by atoms with Crippen molar-refractivity contribution < 1.29 is 0 Å². The maximum Gasteiger partial charge on any atom is 0.181 e. The van der Waals surface area contributed by atoms with Gasteiger partial charge in [-0.2, -0.15) is 5.10 Å². The number of nitrogens with zero attached hydrogens (tertiary/aromatic N) is 3. The van der Waals surface area contributed by atoms with Crippen LogP contribution in [0.3, 0.4) is 0 Å². The molecule has 0 saturated heterocycles. The first-order valence-corrected chi connectivity index (χ1v) is 4.07. The van der Waals surface area contributed by atoms with Gasteiger partial charge in [-0.1, -0.05) is 0 Å². The minimum Gasteiger partial charge on any atom is -0.267 e. The SMILES string of the molecule is CC(C)n1cc2cccnc2n1. The molecular formula is C9H11N3. The summed E-state index contributed by atoms with van der Waals surface area (Å²) in [5.74, 6) is 0. The highest BCUT2D eigenvalue weighted by Crippen LogP contribution is 2.11. The van der Waals surface area contributed by atoms with Crippen molar-refractivity contribution >= 4 is 11.0 Å². The quantitative estimate of drug-likeness (QED) is 0.640. The van der Waals surface area contributed by atoms with Crippen LogP contribution in [0.1, 0.15) is 19.9 Å². The van der Waals surface area contributed by atoms with Crippen molar-refractivity contribution in [3.8, 4) is 0 Å². The Morgan fingerprint density at radius 2 is 2.25 bits per heavy atom. The number of hydrogen-bond donors (Lipinski definition) is 0. The summed E-state index contributed by atoms with van der Waals surface area (Å²) in [6.45, 7) is 4.21. The highest BCUT2D eigenvalue weighted by molar-refractivity contribution is 5.73. The Bertz CT molecular complexity index is 356. The molecule has 2 aromatic heterocycles. The normalized spacial score (nSPS) is 11.2. The third-order valence-corrected chi connectivity index (χ3v) is 1.83. The lowest BCUT2D eigenvalue weighted by molar-refractivity contribution is 0.536. The standard InChI is InChI=1S/C9H11N3/c1-7(2)12-6-8-4-3-5-10-9(8)11-12/h3-7H,1-2H3. The number of aromatic nitrogens is 3. The molecule has 0 N–H and O–H groups in total. The van der Waals surface area contributed by atoms with Crippen molar-refractivity contribution in [3.05, 3.63) is 24.5 Å². The molecule has 2 heterocycles. The fourth-order valence-corrected chi connectivity index (χ4v) is 1.14. The van der Waals surface area contributed by atoms with Gasteiger partial charge in [-0.15, -0.1) is 0 Å². The third-order valence-electron chi connectivity index (χ3n) is 1.83. The summed E-state index contributed by atoms with van der Waals surface area (Å²) >= 11 is 0. The van der Waals surface area contributed by atoms with Crippen LogP contribution >= 0.6 is 0 Å². The number of pyridine rings is 1. The first-order valence-electron chi connectivity index (χ1n) is 4.07. The molecule has 0 radical (unpaired) electrons. The maximum absolute atomic E-state index is 4.32. The molecule has 0 fully saturated rings. The van der Waals surface area contributed by atoms with E-state index >= 15 is 0 Å². The van der Waals surface area contributed by atoms with Gasteiger partial charge in [0.25, 0.3) is 0 Å². The summed E-state index contributed by atoms with van der Waals surface area (Å²) in [4.78, 5) is 4.15. The molecule has 0 amide bonds. The van der Waals surface area contributed by atoms with Gasteiger partial charge in [0.2, 0.25) is 0 Å². The van der Waals surface area contributed by atoms with Gasteiger partial charge >= 0.3 is 0 Å². The van der Waals surface area contributed by atoms with Gasteiger partial charge in [-0.05, 0) is 26.0 Å². The largest absolute Gasteiger partial charge is 0.267 e. The van der Waals surface area contributed by atoms with E-state index in [1.54, 1.807) is 6.20 Å². The Morgan fingerprint density at radius 1 is 1.42 bits per heavy atom. The highest BCUT2D eigenvalue weighted by Gasteiger charge is 2.02. The van der Waals surface area contributed by atoms with Crippen LogP contribution < -0.4 is 0 Å². The van der Waals surface area contributed by atoms with Gasteiger partial charge in [-0.3, -0.25) is 4.68 Å². The monoisotopic (exact) mass is 161 g/mol. The molecule has 0 unspecified atom stereocenters. The molecule has 0 bridgehead atoms. The minimum atomic E-state index is 0.402. The first kappa shape index (κ1) is 7.28. The molecular weight excluding hydrogens is 150 g/mol. The van der Waals surface area contributed by atoms with Crippen LogP contribution in [0.4, 0.5) is 0 Å². The number of hydrogen-bond acceptors (Lipinski definition) is 2. The van der Waals surface area contributed by atoms with Gasteiger partial charge in [0.15, 0.2) is 5.65 Å². The van der Waals surface area contributed by atoms with Gasteiger partial charge in [-0.25, -0.2) is 4.98 Å². The van der Waals surface area contributed by atoms with Crippen LogP contribution in [-0.2, 0) is 0 Å². The van der Waals surface area contributed by atoms with Crippen molar-refractivity contribution in [2.45, 2.75) is 19.9 Å². The van der Waals surface area contributed by atoms with E-state index in [2.05, 4.69) is 23.9 Å². The molecule has 0 atom stereocenters. The second kappa shape index (κ2) is 2.59. The minimum absolute atomic E-state index is 0.402. The molecule has 0 spiro atoms. The molecule has 3 nitrogen and oxygen atoms in total. The summed E-state index contributed by atoms with van der Waals surface area (Å²) in [5.41, 5.74) is 0.825. The van der Waals surface area contributed by atoms with E-state index in [0.29, 0.717) is 6.04 Å². The second-order valence-electron chi connectivity index (χ2n) is 3.12. The molecule has 0 aliphatic rings. The van der Waals surface area contributed by atoms with Crippen molar-refractivity contribution in [1.82, 2.24) is 14.8 Å². The van der Waals surface area contributed by atoms with E-state index in [4.69, 9.17) is 0 Å². The Hall–Kier alpha value is -1.38. The van der Waals surface area contributed by atoms with Crippen molar-refractivity contribution in [2.24, 2.45) is 0 Å². The van der Waals surface area contributed by atoms with Crippen LogP contribution in [0.2, 0.25) is 0 Å². The fourth-order valence-electron chi connectivity index (χ4n) is 1.14. The van der Waals surface area contributed by atoms with Crippen LogP contribution in [-0.4, -0.2) is 14.8 Å². The molecule has 0 aliphatic heterocycles. The average Bonchev–Trinajstić information content (AvgIpc) is 2.46. The summed E-state index contributed by atoms with van der Waals surface area (Å²) in [5, 5.41) is 5.42. The molecule has 62 valence electrons. The molecule has 0 aromatic carbocycles. The van der Waals surface area contributed by atoms with E-state index in [1.807, 2.05) is 23.0 Å². The van der Waals surface area contributed by atoms with Crippen LogP contribution in [0.25, 0.3) is 11.0 Å². The Kier molecular flexibility index (Phi) is 1.57. The zero-order chi connectivity index (χ0) is 8.55. The molecule has 0 saturated carbocycles. The summed E-state index contributed by atoms with van der Waals surface area (Å²) in [6, 6.07) is 4.35. The topological polar surface area (TPSA) is 30.7 Å². The molecule has 3 heteroatoms. The molecule has 12 heavy (non-hydrogen) atoms. The van der Waals surface area contributed by atoms with Gasteiger partial charge in [0.1, 0.15) is 0 Å². The van der Waals surface area contributed by atoms with Gasteiger partial charge in [0.05, 0.1) is 0 Å². The Balaban J connectivity index is 2.62. The molecule has 0 aliphatic carbocycles. The highest BCUT2D eigenvalue weighted by atomic mass is 15.3. The van der Waals surface area contributed by atoms with Crippen molar-refractivity contribution in [1.29, 1.82) is 0 Å².